The highest BCUT2D eigenvalue weighted by molar-refractivity contribution is 14.0. The van der Waals surface area contributed by atoms with Gasteiger partial charge in [-0.15, -0.1) is 24.0 Å². The van der Waals surface area contributed by atoms with Crippen molar-refractivity contribution in [2.75, 3.05) is 13.1 Å². The van der Waals surface area contributed by atoms with E-state index in [4.69, 9.17) is 4.42 Å². The van der Waals surface area contributed by atoms with E-state index in [1.165, 1.54) is 0 Å². The highest BCUT2D eigenvalue weighted by atomic mass is 127. The SMILES string of the molecule is CCCC(O)(CCC)CNC(=NCc1ccco1)NCC.I. The summed E-state index contributed by atoms with van der Waals surface area (Å²) in [7, 11) is 0. The van der Waals surface area contributed by atoms with E-state index in [0.717, 1.165) is 38.0 Å². The smallest absolute Gasteiger partial charge is 0.191 e. The summed E-state index contributed by atoms with van der Waals surface area (Å²) in [5.41, 5.74) is -0.662. The molecule has 0 radical (unpaired) electrons. The third kappa shape index (κ3) is 8.03. The van der Waals surface area contributed by atoms with Crippen LogP contribution in [-0.2, 0) is 6.54 Å². The second-order valence-electron chi connectivity index (χ2n) is 5.35. The molecule has 0 bridgehead atoms. The van der Waals surface area contributed by atoms with Crippen LogP contribution in [0.25, 0.3) is 0 Å². The molecular weight excluding hydrogens is 393 g/mol. The number of hydrogen-bond donors (Lipinski definition) is 3. The van der Waals surface area contributed by atoms with Crippen molar-refractivity contribution < 1.29 is 9.52 Å². The van der Waals surface area contributed by atoms with Gasteiger partial charge in [0.15, 0.2) is 5.96 Å². The molecule has 0 atom stereocenters. The zero-order valence-electron chi connectivity index (χ0n) is 13.9. The molecule has 5 nitrogen and oxygen atoms in total. The number of halogens is 1. The fourth-order valence-electron chi connectivity index (χ4n) is 2.38. The van der Waals surface area contributed by atoms with Crippen LogP contribution in [0.15, 0.2) is 27.8 Å². The largest absolute Gasteiger partial charge is 0.467 e. The average Bonchev–Trinajstić information content (AvgIpc) is 2.96. The van der Waals surface area contributed by atoms with Crippen molar-refractivity contribution in [1.82, 2.24) is 10.6 Å². The molecule has 0 aliphatic rings. The van der Waals surface area contributed by atoms with E-state index in [1.54, 1.807) is 6.26 Å². The summed E-state index contributed by atoms with van der Waals surface area (Å²) in [5.74, 6) is 1.53. The molecule has 6 heteroatoms. The van der Waals surface area contributed by atoms with Gasteiger partial charge in [-0.25, -0.2) is 4.99 Å². The molecule has 0 spiro atoms. The average molecular weight is 423 g/mol. The molecule has 0 unspecified atom stereocenters. The molecule has 0 fully saturated rings. The predicted octanol–water partition coefficient (Wildman–Crippen LogP) is 3.28. The summed E-state index contributed by atoms with van der Waals surface area (Å²) in [6.07, 6.45) is 5.18. The first-order chi connectivity index (χ1) is 10.1. The fraction of sp³-hybridized carbons (Fsp3) is 0.688. The van der Waals surface area contributed by atoms with Gasteiger partial charge in [-0.2, -0.15) is 0 Å². The van der Waals surface area contributed by atoms with Crippen molar-refractivity contribution in [2.45, 2.75) is 58.6 Å². The first-order valence-electron chi connectivity index (χ1n) is 7.90. The van der Waals surface area contributed by atoms with Crippen LogP contribution in [0.3, 0.4) is 0 Å². The summed E-state index contributed by atoms with van der Waals surface area (Å²) in [4.78, 5) is 4.47. The summed E-state index contributed by atoms with van der Waals surface area (Å²) < 4.78 is 5.27. The standard InChI is InChI=1S/C16H29N3O2.HI/c1-4-9-16(20,10-5-2)13-19-15(17-6-3)18-12-14-8-7-11-21-14;/h7-8,11,20H,4-6,9-10,12-13H2,1-3H3,(H2,17,18,19);1H. The Morgan fingerprint density at radius 2 is 1.91 bits per heavy atom. The molecule has 22 heavy (non-hydrogen) atoms. The molecule has 0 saturated carbocycles. The van der Waals surface area contributed by atoms with E-state index in [-0.39, 0.29) is 24.0 Å². The highest BCUT2D eigenvalue weighted by Crippen LogP contribution is 2.18. The molecule has 0 aliphatic carbocycles. The lowest BCUT2D eigenvalue weighted by Crippen LogP contribution is -2.47. The maximum atomic E-state index is 10.6. The predicted molar refractivity (Wildman–Crippen MR) is 102 cm³/mol. The number of rotatable bonds is 9. The Balaban J connectivity index is 0.00000441. The Kier molecular flexibility index (Phi) is 11.4. The second kappa shape index (κ2) is 11.8. The van der Waals surface area contributed by atoms with Crippen molar-refractivity contribution in [2.24, 2.45) is 4.99 Å². The number of hydrogen-bond acceptors (Lipinski definition) is 3. The molecule has 3 N–H and O–H groups in total. The quantitative estimate of drug-likeness (QED) is 0.324. The van der Waals surface area contributed by atoms with Gasteiger partial charge in [-0.05, 0) is 31.9 Å². The molecular formula is C16H30IN3O2. The molecule has 1 heterocycles. The van der Waals surface area contributed by atoms with Crippen LogP contribution in [0.5, 0.6) is 0 Å². The van der Waals surface area contributed by atoms with Crippen molar-refractivity contribution in [3.05, 3.63) is 24.2 Å². The minimum absolute atomic E-state index is 0. The Morgan fingerprint density at radius 3 is 2.41 bits per heavy atom. The fourth-order valence-corrected chi connectivity index (χ4v) is 2.38. The zero-order valence-corrected chi connectivity index (χ0v) is 16.2. The molecule has 0 aliphatic heterocycles. The van der Waals surface area contributed by atoms with E-state index in [0.29, 0.717) is 19.0 Å². The lowest BCUT2D eigenvalue weighted by atomic mass is 9.93. The second-order valence-corrected chi connectivity index (χ2v) is 5.35. The Labute approximate surface area is 151 Å². The van der Waals surface area contributed by atoms with Crippen molar-refractivity contribution >= 4 is 29.9 Å². The number of nitrogens with one attached hydrogen (secondary N) is 2. The molecule has 0 amide bonds. The number of guanidine groups is 1. The number of aliphatic hydroxyl groups is 1. The lowest BCUT2D eigenvalue weighted by Gasteiger charge is -2.28. The van der Waals surface area contributed by atoms with E-state index < -0.39 is 5.60 Å². The van der Waals surface area contributed by atoms with Crippen LogP contribution in [-0.4, -0.2) is 29.8 Å². The molecule has 1 rings (SSSR count). The van der Waals surface area contributed by atoms with Gasteiger partial charge in [0, 0.05) is 13.1 Å². The van der Waals surface area contributed by atoms with Crippen LogP contribution in [0.2, 0.25) is 0 Å². The van der Waals surface area contributed by atoms with Crippen LogP contribution in [0.4, 0.5) is 0 Å². The topological polar surface area (TPSA) is 69.8 Å². The monoisotopic (exact) mass is 423 g/mol. The van der Waals surface area contributed by atoms with E-state index in [2.05, 4.69) is 29.5 Å². The molecule has 128 valence electrons. The molecule has 0 saturated heterocycles. The first kappa shape index (κ1) is 21.2. The summed E-state index contributed by atoms with van der Waals surface area (Å²) >= 11 is 0. The third-order valence-electron chi connectivity index (χ3n) is 3.33. The van der Waals surface area contributed by atoms with E-state index >= 15 is 0 Å². The van der Waals surface area contributed by atoms with Crippen LogP contribution < -0.4 is 10.6 Å². The minimum Gasteiger partial charge on any atom is -0.467 e. The summed E-state index contributed by atoms with van der Waals surface area (Å²) in [5, 5.41) is 17.0. The number of nitrogens with zero attached hydrogens (tertiary/aromatic N) is 1. The maximum Gasteiger partial charge on any atom is 0.191 e. The number of furan rings is 1. The van der Waals surface area contributed by atoms with Gasteiger partial charge >= 0.3 is 0 Å². The van der Waals surface area contributed by atoms with Crippen molar-refractivity contribution in [3.63, 3.8) is 0 Å². The highest BCUT2D eigenvalue weighted by Gasteiger charge is 2.24. The van der Waals surface area contributed by atoms with Gasteiger partial charge in [0.25, 0.3) is 0 Å². The van der Waals surface area contributed by atoms with E-state index in [9.17, 15) is 5.11 Å². The normalized spacial score (nSPS) is 11.9. The minimum atomic E-state index is -0.662. The third-order valence-corrected chi connectivity index (χ3v) is 3.33. The molecule has 1 aromatic heterocycles. The maximum absolute atomic E-state index is 10.6. The van der Waals surface area contributed by atoms with Gasteiger partial charge in [-0.1, -0.05) is 26.7 Å². The summed E-state index contributed by atoms with van der Waals surface area (Å²) in [6, 6.07) is 3.75. The van der Waals surface area contributed by atoms with E-state index in [1.807, 2.05) is 19.1 Å². The van der Waals surface area contributed by atoms with Crippen molar-refractivity contribution in [3.8, 4) is 0 Å². The summed E-state index contributed by atoms with van der Waals surface area (Å²) in [6.45, 7) is 7.99. The Bertz CT molecular complexity index is 402. The Morgan fingerprint density at radius 1 is 1.23 bits per heavy atom. The van der Waals surface area contributed by atoms with Gasteiger partial charge < -0.3 is 20.2 Å². The molecule has 0 aromatic carbocycles. The van der Waals surface area contributed by atoms with Crippen molar-refractivity contribution in [1.29, 1.82) is 0 Å². The van der Waals surface area contributed by atoms with Gasteiger partial charge in [0.1, 0.15) is 12.3 Å². The molecule has 1 aromatic rings. The Hall–Kier alpha value is -0.760. The van der Waals surface area contributed by atoms with Crippen LogP contribution in [0, 0.1) is 0 Å². The lowest BCUT2D eigenvalue weighted by molar-refractivity contribution is 0.0257. The van der Waals surface area contributed by atoms with Crippen LogP contribution in [0.1, 0.15) is 52.2 Å². The van der Waals surface area contributed by atoms with Gasteiger partial charge in [-0.3, -0.25) is 0 Å². The van der Waals surface area contributed by atoms with Crippen LogP contribution >= 0.6 is 24.0 Å². The van der Waals surface area contributed by atoms with Gasteiger partial charge in [0.2, 0.25) is 0 Å². The number of aliphatic imine (C=N–C) groups is 1. The van der Waals surface area contributed by atoms with Gasteiger partial charge in [0.05, 0.1) is 11.9 Å². The zero-order chi connectivity index (χ0) is 15.6. The first-order valence-corrected chi connectivity index (χ1v) is 7.90.